The van der Waals surface area contributed by atoms with E-state index in [0.29, 0.717) is 0 Å². The van der Waals surface area contributed by atoms with Crippen molar-refractivity contribution in [2.45, 2.75) is 27.7 Å². The highest BCUT2D eigenvalue weighted by Crippen LogP contribution is 2.20. The smallest absolute Gasteiger partial charge is 0.307 e. The van der Waals surface area contributed by atoms with Crippen LogP contribution in [0.15, 0.2) is 36.4 Å². The normalized spacial score (nSPS) is 10.2. The van der Waals surface area contributed by atoms with E-state index in [1.165, 1.54) is 0 Å². The average molecular weight is 268 g/mol. The highest BCUT2D eigenvalue weighted by molar-refractivity contribution is 6.00. The van der Waals surface area contributed by atoms with Gasteiger partial charge in [-0.25, -0.2) is 4.79 Å². The van der Waals surface area contributed by atoms with Gasteiger partial charge in [0.05, 0.1) is 0 Å². The van der Waals surface area contributed by atoms with Crippen LogP contribution < -0.4 is 10.6 Å². The molecule has 0 radical (unpaired) electrons. The van der Waals surface area contributed by atoms with Gasteiger partial charge in [-0.05, 0) is 62.1 Å². The second-order valence-electron chi connectivity index (χ2n) is 5.14. The van der Waals surface area contributed by atoms with Crippen LogP contribution in [0.2, 0.25) is 0 Å². The third-order valence-electron chi connectivity index (χ3n) is 3.49. The van der Waals surface area contributed by atoms with Gasteiger partial charge in [-0.3, -0.25) is 0 Å². The molecule has 0 bridgehead atoms. The van der Waals surface area contributed by atoms with Gasteiger partial charge < -0.3 is 10.6 Å². The summed E-state index contributed by atoms with van der Waals surface area (Å²) < 4.78 is 0. The summed E-state index contributed by atoms with van der Waals surface area (Å²) in [6.07, 6.45) is 0. The molecule has 3 nitrogen and oxygen atoms in total. The second kappa shape index (κ2) is 5.78. The molecule has 3 heteroatoms. The lowest BCUT2D eigenvalue weighted by atomic mass is 10.1. The van der Waals surface area contributed by atoms with Crippen molar-refractivity contribution in [1.29, 1.82) is 0 Å². The van der Waals surface area contributed by atoms with Gasteiger partial charge in [-0.15, -0.1) is 0 Å². The van der Waals surface area contributed by atoms with Crippen molar-refractivity contribution in [3.63, 3.8) is 0 Å². The summed E-state index contributed by atoms with van der Waals surface area (Å²) >= 11 is 0. The Bertz CT molecular complexity index is 641. The second-order valence-corrected chi connectivity index (χ2v) is 5.14. The Morgan fingerprint density at radius 2 is 1.55 bits per heavy atom. The van der Waals surface area contributed by atoms with Crippen molar-refractivity contribution in [3.05, 3.63) is 58.7 Å². The first kappa shape index (κ1) is 14.1. The standard InChI is InChI=1S/C17H20N2O/c1-11-8-9-13(3)16(10-11)19-17(20)18-15-7-5-6-12(2)14(15)4/h5-10H,1-4H3,(H2,18,19,20). The first-order chi connectivity index (χ1) is 9.47. The van der Waals surface area contributed by atoms with E-state index in [1.54, 1.807) is 0 Å². The van der Waals surface area contributed by atoms with Crippen molar-refractivity contribution < 1.29 is 4.79 Å². The molecule has 0 spiro atoms. The number of anilines is 2. The van der Waals surface area contributed by atoms with Crippen LogP contribution in [0.1, 0.15) is 22.3 Å². The monoisotopic (exact) mass is 268 g/mol. The van der Waals surface area contributed by atoms with Gasteiger partial charge >= 0.3 is 6.03 Å². The van der Waals surface area contributed by atoms with Crippen molar-refractivity contribution in [3.8, 4) is 0 Å². The van der Waals surface area contributed by atoms with E-state index in [1.807, 2.05) is 64.1 Å². The van der Waals surface area contributed by atoms with Crippen molar-refractivity contribution in [1.82, 2.24) is 0 Å². The molecule has 0 aliphatic heterocycles. The summed E-state index contributed by atoms with van der Waals surface area (Å²) in [7, 11) is 0. The molecule has 0 aliphatic rings. The molecule has 0 aliphatic carbocycles. The van der Waals surface area contributed by atoms with Crippen LogP contribution in [0, 0.1) is 27.7 Å². The molecule has 0 saturated heterocycles. The predicted molar refractivity (Wildman–Crippen MR) is 84.5 cm³/mol. The minimum absolute atomic E-state index is 0.215. The molecule has 0 heterocycles. The SMILES string of the molecule is Cc1ccc(C)c(NC(=O)Nc2cccc(C)c2C)c1. The molecular weight excluding hydrogens is 248 g/mol. The molecule has 0 atom stereocenters. The maximum Gasteiger partial charge on any atom is 0.323 e. The van der Waals surface area contributed by atoms with Crippen molar-refractivity contribution in [2.24, 2.45) is 0 Å². The van der Waals surface area contributed by atoms with Gasteiger partial charge in [-0.2, -0.15) is 0 Å². The molecule has 2 N–H and O–H groups in total. The fourth-order valence-corrected chi connectivity index (χ4v) is 2.03. The number of carbonyl (C=O) groups is 1. The van der Waals surface area contributed by atoms with E-state index >= 15 is 0 Å². The number of hydrogen-bond donors (Lipinski definition) is 2. The lowest BCUT2D eigenvalue weighted by Crippen LogP contribution is -2.20. The van der Waals surface area contributed by atoms with Crippen LogP contribution in [-0.2, 0) is 0 Å². The van der Waals surface area contributed by atoms with E-state index in [4.69, 9.17) is 0 Å². The number of aryl methyl sites for hydroxylation is 3. The van der Waals surface area contributed by atoms with Gasteiger partial charge in [0, 0.05) is 11.4 Å². The number of rotatable bonds is 2. The van der Waals surface area contributed by atoms with Crippen LogP contribution in [-0.4, -0.2) is 6.03 Å². The Morgan fingerprint density at radius 1 is 0.850 bits per heavy atom. The number of hydrogen-bond acceptors (Lipinski definition) is 1. The fourth-order valence-electron chi connectivity index (χ4n) is 2.03. The zero-order valence-electron chi connectivity index (χ0n) is 12.4. The van der Waals surface area contributed by atoms with Crippen molar-refractivity contribution >= 4 is 17.4 Å². The number of carbonyl (C=O) groups excluding carboxylic acids is 1. The first-order valence-corrected chi connectivity index (χ1v) is 6.69. The summed E-state index contributed by atoms with van der Waals surface area (Å²) in [6, 6.07) is 11.7. The van der Waals surface area contributed by atoms with Crippen LogP contribution in [0.5, 0.6) is 0 Å². The zero-order chi connectivity index (χ0) is 14.7. The van der Waals surface area contributed by atoms with Gasteiger partial charge in [0.1, 0.15) is 0 Å². The minimum Gasteiger partial charge on any atom is -0.307 e. The molecule has 2 rings (SSSR count). The van der Waals surface area contributed by atoms with E-state index < -0.39 is 0 Å². The fraction of sp³-hybridized carbons (Fsp3) is 0.235. The lowest BCUT2D eigenvalue weighted by Gasteiger charge is -2.13. The summed E-state index contributed by atoms with van der Waals surface area (Å²) in [6.45, 7) is 8.02. The van der Waals surface area contributed by atoms with Crippen LogP contribution in [0.25, 0.3) is 0 Å². The topological polar surface area (TPSA) is 41.1 Å². The first-order valence-electron chi connectivity index (χ1n) is 6.69. The van der Waals surface area contributed by atoms with Crippen LogP contribution >= 0.6 is 0 Å². The van der Waals surface area contributed by atoms with E-state index in [2.05, 4.69) is 10.6 Å². The lowest BCUT2D eigenvalue weighted by molar-refractivity contribution is 0.262. The Hall–Kier alpha value is -2.29. The quantitative estimate of drug-likeness (QED) is 0.823. The van der Waals surface area contributed by atoms with Gasteiger partial charge in [0.15, 0.2) is 0 Å². The predicted octanol–water partition coefficient (Wildman–Crippen LogP) is 4.56. The zero-order valence-corrected chi connectivity index (χ0v) is 12.4. The Balaban J connectivity index is 2.13. The van der Waals surface area contributed by atoms with Gasteiger partial charge in [-0.1, -0.05) is 24.3 Å². The third kappa shape index (κ3) is 3.18. The maximum absolute atomic E-state index is 12.1. The molecule has 0 aromatic heterocycles. The molecule has 0 unspecified atom stereocenters. The number of amides is 2. The van der Waals surface area contributed by atoms with Crippen LogP contribution in [0.4, 0.5) is 16.2 Å². The van der Waals surface area contributed by atoms with Crippen molar-refractivity contribution in [2.75, 3.05) is 10.6 Å². The van der Waals surface area contributed by atoms with E-state index in [9.17, 15) is 4.79 Å². The Labute approximate surface area is 120 Å². The van der Waals surface area contributed by atoms with E-state index in [-0.39, 0.29) is 6.03 Å². The number of benzene rings is 2. The Morgan fingerprint density at radius 3 is 2.30 bits per heavy atom. The van der Waals surface area contributed by atoms with Gasteiger partial charge in [0.25, 0.3) is 0 Å². The third-order valence-corrected chi connectivity index (χ3v) is 3.49. The average Bonchev–Trinajstić information content (AvgIpc) is 2.39. The molecule has 2 aromatic carbocycles. The molecule has 20 heavy (non-hydrogen) atoms. The summed E-state index contributed by atoms with van der Waals surface area (Å²) in [5, 5.41) is 5.79. The highest BCUT2D eigenvalue weighted by atomic mass is 16.2. The molecule has 104 valence electrons. The number of urea groups is 1. The molecular formula is C17H20N2O. The maximum atomic E-state index is 12.1. The van der Waals surface area contributed by atoms with Crippen LogP contribution in [0.3, 0.4) is 0 Å². The Kier molecular flexibility index (Phi) is 4.08. The number of nitrogens with one attached hydrogen (secondary N) is 2. The highest BCUT2D eigenvalue weighted by Gasteiger charge is 2.07. The summed E-state index contributed by atoms with van der Waals surface area (Å²) in [5.41, 5.74) is 6.10. The van der Waals surface area contributed by atoms with Gasteiger partial charge in [0.2, 0.25) is 0 Å². The summed E-state index contributed by atoms with van der Waals surface area (Å²) in [5.74, 6) is 0. The van der Waals surface area contributed by atoms with E-state index in [0.717, 1.165) is 33.6 Å². The molecule has 0 fully saturated rings. The largest absolute Gasteiger partial charge is 0.323 e. The minimum atomic E-state index is -0.215. The molecule has 0 saturated carbocycles. The molecule has 2 aromatic rings. The molecule has 2 amide bonds. The summed E-state index contributed by atoms with van der Waals surface area (Å²) in [4.78, 5) is 12.1.